The highest BCUT2D eigenvalue weighted by atomic mass is 16.1. The van der Waals surface area contributed by atoms with Crippen molar-refractivity contribution in [3.05, 3.63) is 16.6 Å². The Morgan fingerprint density at radius 3 is 2.73 bits per heavy atom. The molecule has 6 heteroatoms. The van der Waals surface area contributed by atoms with Gasteiger partial charge in [-0.3, -0.25) is 9.78 Å². The molecule has 0 aliphatic rings. The van der Waals surface area contributed by atoms with E-state index in [0.29, 0.717) is 11.0 Å². The Morgan fingerprint density at radius 2 is 2.13 bits per heavy atom. The van der Waals surface area contributed by atoms with Crippen molar-refractivity contribution in [1.29, 1.82) is 0 Å². The second kappa shape index (κ2) is 2.82. The van der Waals surface area contributed by atoms with Crippen LogP contribution in [-0.2, 0) is 5.54 Å². The van der Waals surface area contributed by atoms with Crippen molar-refractivity contribution in [2.24, 2.45) is 0 Å². The maximum absolute atomic E-state index is 11.5. The van der Waals surface area contributed by atoms with E-state index in [1.54, 1.807) is 4.68 Å². The monoisotopic (exact) mass is 207 g/mol. The topological polar surface area (TPSA) is 89.6 Å². The summed E-state index contributed by atoms with van der Waals surface area (Å²) in [6.07, 6.45) is 1.51. The van der Waals surface area contributed by atoms with Crippen LogP contribution in [0.4, 0.5) is 5.95 Å². The number of fused-ring (bicyclic) bond motifs is 1. The summed E-state index contributed by atoms with van der Waals surface area (Å²) in [6.45, 7) is 5.95. The van der Waals surface area contributed by atoms with Crippen LogP contribution in [-0.4, -0.2) is 19.7 Å². The summed E-state index contributed by atoms with van der Waals surface area (Å²) in [7, 11) is 0. The van der Waals surface area contributed by atoms with Gasteiger partial charge in [0, 0.05) is 0 Å². The third-order valence-corrected chi connectivity index (χ3v) is 2.09. The third-order valence-electron chi connectivity index (χ3n) is 2.09. The highest BCUT2D eigenvalue weighted by Crippen LogP contribution is 2.17. The summed E-state index contributed by atoms with van der Waals surface area (Å²) >= 11 is 0. The number of hydrogen-bond donors (Lipinski definition) is 2. The molecule has 0 saturated carbocycles. The maximum atomic E-state index is 11.5. The van der Waals surface area contributed by atoms with Gasteiger partial charge < -0.3 is 5.73 Å². The Balaban J connectivity index is 2.86. The minimum Gasteiger partial charge on any atom is -0.369 e. The Morgan fingerprint density at radius 1 is 1.47 bits per heavy atom. The number of rotatable bonds is 0. The van der Waals surface area contributed by atoms with E-state index in [9.17, 15) is 4.79 Å². The molecule has 15 heavy (non-hydrogen) atoms. The number of nitrogens with zero attached hydrogens (tertiary/aromatic N) is 3. The predicted molar refractivity (Wildman–Crippen MR) is 57.6 cm³/mol. The molecule has 2 aromatic heterocycles. The zero-order valence-electron chi connectivity index (χ0n) is 8.90. The van der Waals surface area contributed by atoms with E-state index in [-0.39, 0.29) is 17.0 Å². The molecule has 0 aliphatic carbocycles. The van der Waals surface area contributed by atoms with Gasteiger partial charge in [0.25, 0.3) is 5.56 Å². The molecule has 0 amide bonds. The molecular weight excluding hydrogens is 194 g/mol. The summed E-state index contributed by atoms with van der Waals surface area (Å²) in [4.78, 5) is 18.0. The highest BCUT2D eigenvalue weighted by molar-refractivity contribution is 5.74. The average molecular weight is 207 g/mol. The summed E-state index contributed by atoms with van der Waals surface area (Å²) in [5, 5.41) is 4.60. The molecule has 0 aromatic carbocycles. The first-order chi connectivity index (χ1) is 6.89. The Hall–Kier alpha value is -1.85. The van der Waals surface area contributed by atoms with E-state index in [1.807, 2.05) is 20.8 Å². The summed E-state index contributed by atoms with van der Waals surface area (Å²) in [5.41, 5.74) is 5.52. The number of anilines is 1. The number of nitrogen functional groups attached to an aromatic ring is 1. The lowest BCUT2D eigenvalue weighted by atomic mass is 10.1. The molecule has 0 unspecified atom stereocenters. The van der Waals surface area contributed by atoms with Gasteiger partial charge in [-0.25, -0.2) is 4.68 Å². The SMILES string of the molecule is CC(C)(C)n1ncc2c(=O)[nH]c(N)nc21. The normalized spacial score (nSPS) is 12.2. The van der Waals surface area contributed by atoms with Crippen LogP contribution in [0.5, 0.6) is 0 Å². The predicted octanol–water partition coefficient (Wildman–Crippen LogP) is 0.457. The number of hydrogen-bond acceptors (Lipinski definition) is 4. The van der Waals surface area contributed by atoms with Crippen LogP contribution in [0.25, 0.3) is 11.0 Å². The number of nitrogens with one attached hydrogen (secondary N) is 1. The zero-order chi connectivity index (χ0) is 11.2. The first-order valence-corrected chi connectivity index (χ1v) is 4.63. The summed E-state index contributed by atoms with van der Waals surface area (Å²) in [5.74, 6) is 0.110. The van der Waals surface area contributed by atoms with Gasteiger partial charge in [0.15, 0.2) is 5.65 Å². The van der Waals surface area contributed by atoms with E-state index in [0.717, 1.165) is 0 Å². The maximum Gasteiger partial charge on any atom is 0.263 e. The fourth-order valence-electron chi connectivity index (χ4n) is 1.43. The first kappa shape index (κ1) is 9.70. The number of nitrogens with two attached hydrogens (primary N) is 1. The molecule has 0 bridgehead atoms. The Kier molecular flexibility index (Phi) is 1.82. The molecule has 2 aromatic rings. The summed E-state index contributed by atoms with van der Waals surface area (Å²) in [6, 6.07) is 0. The number of H-pyrrole nitrogens is 1. The minimum absolute atomic E-state index is 0.110. The molecule has 0 fully saturated rings. The van der Waals surface area contributed by atoms with Gasteiger partial charge in [-0.1, -0.05) is 0 Å². The lowest BCUT2D eigenvalue weighted by molar-refractivity contribution is 0.366. The van der Waals surface area contributed by atoms with Crippen LogP contribution in [0.2, 0.25) is 0 Å². The van der Waals surface area contributed by atoms with Crippen LogP contribution in [0, 0.1) is 0 Å². The lowest BCUT2D eigenvalue weighted by Crippen LogP contribution is -2.24. The van der Waals surface area contributed by atoms with Crippen LogP contribution < -0.4 is 11.3 Å². The van der Waals surface area contributed by atoms with Gasteiger partial charge in [-0.05, 0) is 20.8 Å². The average Bonchev–Trinajstić information content (AvgIpc) is 2.45. The molecule has 2 rings (SSSR count). The zero-order valence-corrected chi connectivity index (χ0v) is 8.90. The van der Waals surface area contributed by atoms with Gasteiger partial charge in [-0.15, -0.1) is 0 Å². The van der Waals surface area contributed by atoms with Crippen molar-refractivity contribution in [2.45, 2.75) is 26.3 Å². The highest BCUT2D eigenvalue weighted by Gasteiger charge is 2.19. The van der Waals surface area contributed by atoms with Crippen LogP contribution in [0.3, 0.4) is 0 Å². The molecule has 6 nitrogen and oxygen atoms in total. The van der Waals surface area contributed by atoms with E-state index in [1.165, 1.54) is 6.20 Å². The fourth-order valence-corrected chi connectivity index (χ4v) is 1.43. The van der Waals surface area contributed by atoms with Gasteiger partial charge in [0.05, 0.1) is 11.7 Å². The molecule has 3 N–H and O–H groups in total. The van der Waals surface area contributed by atoms with Crippen molar-refractivity contribution in [2.75, 3.05) is 5.73 Å². The van der Waals surface area contributed by atoms with E-state index >= 15 is 0 Å². The molecule has 0 spiro atoms. The third kappa shape index (κ3) is 1.47. The standard InChI is InChI=1S/C9H13N5O/c1-9(2,3)14-6-5(4-11-14)7(15)13-8(10)12-6/h4H,1-3H3,(H3,10,12,13,15). The Labute approximate surface area is 86.1 Å². The fraction of sp³-hybridized carbons (Fsp3) is 0.444. The van der Waals surface area contributed by atoms with E-state index < -0.39 is 0 Å². The van der Waals surface area contributed by atoms with Crippen molar-refractivity contribution < 1.29 is 0 Å². The quantitative estimate of drug-likeness (QED) is 0.656. The molecule has 80 valence electrons. The van der Waals surface area contributed by atoms with Gasteiger partial charge in [0.1, 0.15) is 5.39 Å². The summed E-state index contributed by atoms with van der Waals surface area (Å²) < 4.78 is 1.69. The van der Waals surface area contributed by atoms with Gasteiger partial charge >= 0.3 is 0 Å². The first-order valence-electron chi connectivity index (χ1n) is 4.63. The number of aromatic amines is 1. The van der Waals surface area contributed by atoms with Crippen LogP contribution >= 0.6 is 0 Å². The lowest BCUT2D eigenvalue weighted by Gasteiger charge is -2.19. The number of aromatic nitrogens is 4. The molecule has 0 radical (unpaired) electrons. The van der Waals surface area contributed by atoms with Gasteiger partial charge in [-0.2, -0.15) is 10.1 Å². The van der Waals surface area contributed by atoms with Crippen LogP contribution in [0.15, 0.2) is 11.0 Å². The van der Waals surface area contributed by atoms with Gasteiger partial charge in [0.2, 0.25) is 5.95 Å². The van der Waals surface area contributed by atoms with Crippen molar-refractivity contribution in [1.82, 2.24) is 19.7 Å². The molecule has 0 saturated heterocycles. The van der Waals surface area contributed by atoms with Crippen LogP contribution in [0.1, 0.15) is 20.8 Å². The molecule has 0 atom stereocenters. The second-order valence-electron chi connectivity index (χ2n) is 4.42. The minimum atomic E-state index is -0.256. The van der Waals surface area contributed by atoms with Crippen molar-refractivity contribution in [3.63, 3.8) is 0 Å². The van der Waals surface area contributed by atoms with Crippen molar-refractivity contribution >= 4 is 17.0 Å². The smallest absolute Gasteiger partial charge is 0.263 e. The molecule has 0 aliphatic heterocycles. The molecular formula is C9H13N5O. The molecule has 2 heterocycles. The Bertz CT molecular complexity index is 560. The second-order valence-corrected chi connectivity index (χ2v) is 4.42. The van der Waals surface area contributed by atoms with E-state index in [2.05, 4.69) is 15.1 Å². The van der Waals surface area contributed by atoms with Crippen molar-refractivity contribution in [3.8, 4) is 0 Å². The van der Waals surface area contributed by atoms with E-state index in [4.69, 9.17) is 5.73 Å². The largest absolute Gasteiger partial charge is 0.369 e.